The summed E-state index contributed by atoms with van der Waals surface area (Å²) in [5, 5.41) is 6.51. The van der Waals surface area contributed by atoms with Gasteiger partial charge in [-0.3, -0.25) is 0 Å². The average Bonchev–Trinajstić information content (AvgIpc) is 2.65. The first kappa shape index (κ1) is 10.2. The van der Waals surface area contributed by atoms with Gasteiger partial charge < -0.3 is 5.32 Å². The van der Waals surface area contributed by atoms with Gasteiger partial charge in [-0.2, -0.15) is 0 Å². The third kappa shape index (κ3) is 3.58. The van der Waals surface area contributed by atoms with Gasteiger partial charge in [-0.1, -0.05) is 0 Å². The summed E-state index contributed by atoms with van der Waals surface area (Å²) in [5.74, 6) is 5.89. The minimum absolute atomic E-state index is 0.346. The van der Waals surface area contributed by atoms with Crippen molar-refractivity contribution in [2.45, 2.75) is 26.3 Å². The van der Waals surface area contributed by atoms with E-state index in [0.717, 1.165) is 18.0 Å². The number of nitrogens with one attached hydrogen (secondary N) is 1. The van der Waals surface area contributed by atoms with Gasteiger partial charge in [0.15, 0.2) is 0 Å². The van der Waals surface area contributed by atoms with Gasteiger partial charge in [0.05, 0.1) is 6.04 Å². The van der Waals surface area contributed by atoms with Gasteiger partial charge in [0.1, 0.15) is 5.01 Å². The number of hydrogen-bond acceptors (Lipinski definition) is 3. The molecule has 0 amide bonds. The van der Waals surface area contributed by atoms with Gasteiger partial charge >= 0.3 is 0 Å². The van der Waals surface area contributed by atoms with Crippen LogP contribution in [0.3, 0.4) is 0 Å². The van der Waals surface area contributed by atoms with E-state index >= 15 is 0 Å². The van der Waals surface area contributed by atoms with Crippen LogP contribution in [0.4, 0.5) is 0 Å². The van der Waals surface area contributed by atoms with Crippen LogP contribution >= 0.6 is 11.3 Å². The van der Waals surface area contributed by atoms with Crippen molar-refractivity contribution >= 4 is 11.3 Å². The average molecular weight is 194 g/mol. The summed E-state index contributed by atoms with van der Waals surface area (Å²) in [5.41, 5.74) is 0. The summed E-state index contributed by atoms with van der Waals surface area (Å²) >= 11 is 1.69. The zero-order chi connectivity index (χ0) is 9.52. The van der Waals surface area contributed by atoms with Crippen LogP contribution in [0, 0.1) is 11.8 Å². The fourth-order valence-electron chi connectivity index (χ4n) is 1.01. The minimum Gasteiger partial charge on any atom is -0.307 e. The fourth-order valence-corrected chi connectivity index (χ4v) is 1.68. The van der Waals surface area contributed by atoms with Crippen LogP contribution in [0.1, 0.15) is 31.3 Å². The molecule has 1 unspecified atom stereocenters. The Morgan fingerprint density at radius 2 is 2.54 bits per heavy atom. The number of thiazole rings is 1. The van der Waals surface area contributed by atoms with Crippen molar-refractivity contribution in [3.8, 4) is 11.8 Å². The Bertz CT molecular complexity index is 282. The molecular weight excluding hydrogens is 180 g/mol. The Morgan fingerprint density at radius 1 is 1.69 bits per heavy atom. The van der Waals surface area contributed by atoms with Crippen molar-refractivity contribution in [2.75, 3.05) is 6.54 Å². The van der Waals surface area contributed by atoms with Crippen LogP contribution in [0.5, 0.6) is 0 Å². The molecule has 0 aliphatic carbocycles. The van der Waals surface area contributed by atoms with Crippen molar-refractivity contribution in [1.29, 1.82) is 0 Å². The van der Waals surface area contributed by atoms with E-state index < -0.39 is 0 Å². The molecule has 0 fully saturated rings. The van der Waals surface area contributed by atoms with Crippen molar-refractivity contribution in [3.63, 3.8) is 0 Å². The minimum atomic E-state index is 0.346. The zero-order valence-electron chi connectivity index (χ0n) is 8.00. The molecule has 70 valence electrons. The molecule has 1 N–H and O–H groups in total. The van der Waals surface area contributed by atoms with Crippen LogP contribution in [-0.2, 0) is 0 Å². The quantitative estimate of drug-likeness (QED) is 0.587. The fraction of sp³-hybridized carbons (Fsp3) is 0.500. The van der Waals surface area contributed by atoms with Crippen LogP contribution in [0.15, 0.2) is 11.6 Å². The Hall–Kier alpha value is -0.850. The van der Waals surface area contributed by atoms with Gasteiger partial charge in [-0.25, -0.2) is 4.98 Å². The molecule has 2 nitrogen and oxygen atoms in total. The Kier molecular flexibility index (Phi) is 4.52. The molecule has 0 saturated heterocycles. The normalized spacial score (nSPS) is 11.8. The number of hydrogen-bond donors (Lipinski definition) is 1. The van der Waals surface area contributed by atoms with Gasteiger partial charge in [-0.05, 0) is 13.8 Å². The van der Waals surface area contributed by atoms with E-state index in [2.05, 4.69) is 29.1 Å². The predicted molar refractivity (Wildman–Crippen MR) is 56.6 cm³/mol. The van der Waals surface area contributed by atoms with Crippen molar-refractivity contribution in [1.82, 2.24) is 10.3 Å². The molecule has 0 bridgehead atoms. The Morgan fingerprint density at radius 3 is 3.15 bits per heavy atom. The molecule has 1 atom stereocenters. The third-order valence-corrected chi connectivity index (χ3v) is 2.66. The molecule has 1 aromatic rings. The highest BCUT2D eigenvalue weighted by molar-refractivity contribution is 7.09. The van der Waals surface area contributed by atoms with E-state index in [-0.39, 0.29) is 0 Å². The lowest BCUT2D eigenvalue weighted by atomic mass is 10.3. The van der Waals surface area contributed by atoms with E-state index in [9.17, 15) is 0 Å². The highest BCUT2D eigenvalue weighted by Crippen LogP contribution is 2.13. The maximum Gasteiger partial charge on any atom is 0.109 e. The van der Waals surface area contributed by atoms with Gasteiger partial charge in [0, 0.05) is 24.5 Å². The lowest BCUT2D eigenvalue weighted by Crippen LogP contribution is -2.19. The monoisotopic (exact) mass is 194 g/mol. The van der Waals surface area contributed by atoms with E-state index in [4.69, 9.17) is 0 Å². The van der Waals surface area contributed by atoms with Gasteiger partial charge in [0.2, 0.25) is 0 Å². The molecule has 0 radical (unpaired) electrons. The topological polar surface area (TPSA) is 24.9 Å². The number of rotatable bonds is 4. The first-order chi connectivity index (χ1) is 6.34. The molecular formula is C10H14N2S. The first-order valence-electron chi connectivity index (χ1n) is 4.37. The smallest absolute Gasteiger partial charge is 0.109 e. The maximum absolute atomic E-state index is 4.24. The molecule has 0 spiro atoms. The first-order valence-corrected chi connectivity index (χ1v) is 5.25. The zero-order valence-corrected chi connectivity index (χ0v) is 8.82. The molecule has 0 saturated carbocycles. The SMILES string of the molecule is CC#CCCNC(C)c1nccs1. The molecule has 0 aliphatic heterocycles. The van der Waals surface area contributed by atoms with E-state index in [1.807, 2.05) is 18.5 Å². The summed E-state index contributed by atoms with van der Waals surface area (Å²) in [6, 6.07) is 0.346. The Balaban J connectivity index is 2.25. The molecule has 13 heavy (non-hydrogen) atoms. The van der Waals surface area contributed by atoms with Crippen molar-refractivity contribution < 1.29 is 0 Å². The largest absolute Gasteiger partial charge is 0.307 e. The lowest BCUT2D eigenvalue weighted by Gasteiger charge is -2.08. The van der Waals surface area contributed by atoms with E-state index in [0.29, 0.717) is 6.04 Å². The standard InChI is InChI=1S/C10H14N2S/c1-3-4-5-6-11-9(2)10-12-7-8-13-10/h7-9,11H,5-6H2,1-2H3. The molecule has 1 heterocycles. The molecule has 0 aliphatic rings. The summed E-state index contributed by atoms with van der Waals surface area (Å²) in [7, 11) is 0. The van der Waals surface area contributed by atoms with E-state index in [1.54, 1.807) is 11.3 Å². The summed E-state index contributed by atoms with van der Waals surface area (Å²) in [6.45, 7) is 4.92. The second-order valence-corrected chi connectivity index (χ2v) is 3.65. The predicted octanol–water partition coefficient (Wildman–Crippen LogP) is 2.21. The van der Waals surface area contributed by atoms with Crippen molar-refractivity contribution in [2.24, 2.45) is 0 Å². The Labute approximate surface area is 83.4 Å². The lowest BCUT2D eigenvalue weighted by molar-refractivity contribution is 0.581. The molecule has 1 aromatic heterocycles. The maximum atomic E-state index is 4.24. The van der Waals surface area contributed by atoms with Crippen LogP contribution < -0.4 is 5.32 Å². The highest BCUT2D eigenvalue weighted by Gasteiger charge is 2.05. The summed E-state index contributed by atoms with van der Waals surface area (Å²) in [4.78, 5) is 4.24. The molecule has 3 heteroatoms. The molecule has 0 aromatic carbocycles. The van der Waals surface area contributed by atoms with Crippen LogP contribution in [0.25, 0.3) is 0 Å². The van der Waals surface area contributed by atoms with Gasteiger partial charge in [-0.15, -0.1) is 23.2 Å². The summed E-state index contributed by atoms with van der Waals surface area (Å²) < 4.78 is 0. The van der Waals surface area contributed by atoms with Crippen molar-refractivity contribution in [3.05, 3.63) is 16.6 Å². The van der Waals surface area contributed by atoms with Crippen LogP contribution in [0.2, 0.25) is 0 Å². The summed E-state index contributed by atoms with van der Waals surface area (Å²) in [6.07, 6.45) is 2.75. The third-order valence-electron chi connectivity index (χ3n) is 1.70. The highest BCUT2D eigenvalue weighted by atomic mass is 32.1. The van der Waals surface area contributed by atoms with Crippen LogP contribution in [-0.4, -0.2) is 11.5 Å². The van der Waals surface area contributed by atoms with E-state index in [1.165, 1.54) is 0 Å². The second kappa shape index (κ2) is 5.74. The second-order valence-electron chi connectivity index (χ2n) is 2.72. The number of nitrogens with zero attached hydrogens (tertiary/aromatic N) is 1. The molecule has 1 rings (SSSR count). The number of aromatic nitrogens is 1. The van der Waals surface area contributed by atoms with Gasteiger partial charge in [0.25, 0.3) is 0 Å².